The molecule has 4 aromatic carbocycles. The fourth-order valence-corrected chi connectivity index (χ4v) is 4.07. The average molecular weight is 503 g/mol. The van der Waals surface area contributed by atoms with Gasteiger partial charge in [0.1, 0.15) is 6.10 Å². The van der Waals surface area contributed by atoms with Crippen LogP contribution in [0, 0.1) is 5.92 Å². The standard InChI is InChI=1S/C30H24Cl2O3/c31-25-16-12-23(13-17-25)29(35-30(34)24-14-18-26(32)19-15-24)27(20-11-21-7-3-1-4-8-21)28(33)22-9-5-2-6-10-22/h1-20,27-29,33H/b20-11+/t27-,28+,29+/m0/s1. The Morgan fingerprint density at radius 1 is 0.714 bits per heavy atom. The van der Waals surface area contributed by atoms with E-state index < -0.39 is 24.1 Å². The summed E-state index contributed by atoms with van der Waals surface area (Å²) in [5.74, 6) is -1.10. The van der Waals surface area contributed by atoms with Crippen LogP contribution in [0.3, 0.4) is 0 Å². The Bertz CT molecular complexity index is 1250. The molecule has 4 rings (SSSR count). The molecule has 0 spiro atoms. The summed E-state index contributed by atoms with van der Waals surface area (Å²) >= 11 is 12.1. The molecule has 4 aromatic rings. The fourth-order valence-electron chi connectivity index (χ4n) is 3.82. The van der Waals surface area contributed by atoms with E-state index in [-0.39, 0.29) is 0 Å². The average Bonchev–Trinajstić information content (AvgIpc) is 2.90. The summed E-state index contributed by atoms with van der Waals surface area (Å²) in [5.41, 5.74) is 2.77. The summed E-state index contributed by atoms with van der Waals surface area (Å²) in [7, 11) is 0. The van der Waals surface area contributed by atoms with E-state index in [0.717, 1.165) is 16.7 Å². The first-order valence-electron chi connectivity index (χ1n) is 11.2. The van der Waals surface area contributed by atoms with E-state index in [1.807, 2.05) is 84.9 Å². The minimum absolute atomic E-state index is 0.369. The highest BCUT2D eigenvalue weighted by molar-refractivity contribution is 6.30. The second-order valence-electron chi connectivity index (χ2n) is 8.09. The third-order valence-corrected chi connectivity index (χ3v) is 6.18. The van der Waals surface area contributed by atoms with E-state index in [1.54, 1.807) is 36.4 Å². The van der Waals surface area contributed by atoms with Crippen molar-refractivity contribution < 1.29 is 14.6 Å². The zero-order valence-corrected chi connectivity index (χ0v) is 20.3. The van der Waals surface area contributed by atoms with Crippen LogP contribution in [0.2, 0.25) is 10.0 Å². The summed E-state index contributed by atoms with van der Waals surface area (Å²) in [4.78, 5) is 13.1. The lowest BCUT2D eigenvalue weighted by molar-refractivity contribution is -0.00675. The molecular weight excluding hydrogens is 479 g/mol. The molecule has 0 unspecified atom stereocenters. The smallest absolute Gasteiger partial charge is 0.338 e. The fraction of sp³-hybridized carbons (Fsp3) is 0.100. The zero-order valence-electron chi connectivity index (χ0n) is 18.8. The van der Waals surface area contributed by atoms with E-state index in [0.29, 0.717) is 15.6 Å². The Morgan fingerprint density at radius 3 is 1.86 bits per heavy atom. The van der Waals surface area contributed by atoms with Crippen molar-refractivity contribution in [2.24, 2.45) is 5.92 Å². The van der Waals surface area contributed by atoms with Gasteiger partial charge in [0, 0.05) is 16.0 Å². The van der Waals surface area contributed by atoms with Gasteiger partial charge in [-0.05, 0) is 53.1 Å². The van der Waals surface area contributed by atoms with Crippen molar-refractivity contribution in [3.8, 4) is 0 Å². The van der Waals surface area contributed by atoms with Gasteiger partial charge in [-0.2, -0.15) is 0 Å². The van der Waals surface area contributed by atoms with Gasteiger partial charge in [0.25, 0.3) is 0 Å². The Kier molecular flexibility index (Phi) is 8.38. The number of esters is 1. The third kappa shape index (κ3) is 6.61. The van der Waals surface area contributed by atoms with Gasteiger partial charge in [-0.15, -0.1) is 0 Å². The predicted octanol–water partition coefficient (Wildman–Crippen LogP) is 7.95. The molecule has 0 heterocycles. The van der Waals surface area contributed by atoms with E-state index in [9.17, 15) is 9.90 Å². The van der Waals surface area contributed by atoms with E-state index in [2.05, 4.69) is 0 Å². The van der Waals surface area contributed by atoms with Crippen LogP contribution >= 0.6 is 23.2 Å². The molecule has 176 valence electrons. The number of benzene rings is 4. The van der Waals surface area contributed by atoms with Gasteiger partial charge < -0.3 is 9.84 Å². The van der Waals surface area contributed by atoms with Crippen molar-refractivity contribution in [1.82, 2.24) is 0 Å². The van der Waals surface area contributed by atoms with Crippen LogP contribution in [0.1, 0.15) is 39.3 Å². The highest BCUT2D eigenvalue weighted by Crippen LogP contribution is 2.38. The Morgan fingerprint density at radius 2 is 1.26 bits per heavy atom. The predicted molar refractivity (Wildman–Crippen MR) is 141 cm³/mol. The number of halogens is 2. The summed E-state index contributed by atoms with van der Waals surface area (Å²) in [6, 6.07) is 32.7. The molecule has 0 bridgehead atoms. The molecule has 0 fully saturated rings. The van der Waals surface area contributed by atoms with Crippen LogP contribution in [-0.2, 0) is 4.74 Å². The van der Waals surface area contributed by atoms with Crippen LogP contribution in [0.15, 0.2) is 115 Å². The molecule has 35 heavy (non-hydrogen) atoms. The molecule has 0 aliphatic carbocycles. The number of hydrogen-bond acceptors (Lipinski definition) is 3. The highest BCUT2D eigenvalue weighted by Gasteiger charge is 2.32. The molecular formula is C30H24Cl2O3. The Balaban J connectivity index is 1.76. The number of hydrogen-bond donors (Lipinski definition) is 1. The topological polar surface area (TPSA) is 46.5 Å². The quantitative estimate of drug-likeness (QED) is 0.248. The van der Waals surface area contributed by atoms with Crippen molar-refractivity contribution >= 4 is 35.2 Å². The van der Waals surface area contributed by atoms with Crippen LogP contribution < -0.4 is 0 Å². The van der Waals surface area contributed by atoms with Crippen molar-refractivity contribution in [2.45, 2.75) is 12.2 Å². The van der Waals surface area contributed by atoms with E-state index in [1.165, 1.54) is 0 Å². The van der Waals surface area contributed by atoms with Crippen LogP contribution in [-0.4, -0.2) is 11.1 Å². The van der Waals surface area contributed by atoms with Gasteiger partial charge in [-0.1, -0.05) is 108 Å². The maximum atomic E-state index is 13.1. The number of ether oxygens (including phenoxy) is 1. The Hall–Kier alpha value is -3.37. The molecule has 0 aliphatic rings. The van der Waals surface area contributed by atoms with Gasteiger partial charge >= 0.3 is 5.97 Å². The largest absolute Gasteiger partial charge is 0.453 e. The monoisotopic (exact) mass is 502 g/mol. The zero-order chi connectivity index (χ0) is 24.6. The summed E-state index contributed by atoms with van der Waals surface area (Å²) in [5, 5.41) is 12.6. The van der Waals surface area contributed by atoms with Gasteiger partial charge in [-0.3, -0.25) is 0 Å². The molecule has 5 heteroatoms. The van der Waals surface area contributed by atoms with Crippen LogP contribution in [0.4, 0.5) is 0 Å². The SMILES string of the molecule is O=C(O[C@H](c1ccc(Cl)cc1)[C@@H](/C=C/c1ccccc1)[C@H](O)c1ccccc1)c1ccc(Cl)cc1. The van der Waals surface area contributed by atoms with E-state index >= 15 is 0 Å². The number of rotatable bonds is 8. The molecule has 1 N–H and O–H groups in total. The van der Waals surface area contributed by atoms with Gasteiger partial charge in [0.2, 0.25) is 0 Å². The second-order valence-corrected chi connectivity index (χ2v) is 8.96. The minimum Gasteiger partial charge on any atom is -0.453 e. The molecule has 0 amide bonds. The molecule has 3 atom stereocenters. The minimum atomic E-state index is -0.935. The highest BCUT2D eigenvalue weighted by atomic mass is 35.5. The van der Waals surface area contributed by atoms with Crippen molar-refractivity contribution in [1.29, 1.82) is 0 Å². The lowest BCUT2D eigenvalue weighted by Crippen LogP contribution is -2.24. The summed E-state index contributed by atoms with van der Waals surface area (Å²) in [6.07, 6.45) is 2.09. The Labute approximate surface area is 215 Å². The van der Waals surface area contributed by atoms with Gasteiger partial charge in [0.05, 0.1) is 11.7 Å². The molecule has 0 saturated heterocycles. The van der Waals surface area contributed by atoms with Gasteiger partial charge in [-0.25, -0.2) is 4.79 Å². The second kappa shape index (κ2) is 11.9. The van der Waals surface area contributed by atoms with Crippen molar-refractivity contribution in [3.63, 3.8) is 0 Å². The first-order chi connectivity index (χ1) is 17.0. The number of aliphatic hydroxyl groups is 1. The first-order valence-corrected chi connectivity index (χ1v) is 11.9. The molecule has 0 radical (unpaired) electrons. The molecule has 0 aliphatic heterocycles. The molecule has 3 nitrogen and oxygen atoms in total. The third-order valence-electron chi connectivity index (χ3n) is 5.68. The number of carbonyl (C=O) groups excluding carboxylic acids is 1. The number of aliphatic hydroxyl groups excluding tert-OH is 1. The first kappa shape index (κ1) is 24.7. The molecule has 0 saturated carbocycles. The lowest BCUT2D eigenvalue weighted by atomic mass is 9.86. The summed E-state index contributed by atoms with van der Waals surface area (Å²) < 4.78 is 6.06. The van der Waals surface area contributed by atoms with Crippen LogP contribution in [0.25, 0.3) is 6.08 Å². The van der Waals surface area contributed by atoms with Gasteiger partial charge in [0.15, 0.2) is 0 Å². The lowest BCUT2D eigenvalue weighted by Gasteiger charge is -2.29. The maximum absolute atomic E-state index is 13.1. The number of carbonyl (C=O) groups is 1. The van der Waals surface area contributed by atoms with E-state index in [4.69, 9.17) is 27.9 Å². The van der Waals surface area contributed by atoms with Crippen LogP contribution in [0.5, 0.6) is 0 Å². The normalized spacial score (nSPS) is 13.8. The maximum Gasteiger partial charge on any atom is 0.338 e. The van der Waals surface area contributed by atoms with Crippen molar-refractivity contribution in [3.05, 3.63) is 148 Å². The molecule has 0 aromatic heterocycles. The summed E-state index contributed by atoms with van der Waals surface area (Å²) in [6.45, 7) is 0. The van der Waals surface area contributed by atoms with Crippen molar-refractivity contribution in [2.75, 3.05) is 0 Å².